The van der Waals surface area contributed by atoms with Gasteiger partial charge in [-0.25, -0.2) is 0 Å². The van der Waals surface area contributed by atoms with Crippen LogP contribution in [-0.4, -0.2) is 104 Å². The lowest BCUT2D eigenvalue weighted by molar-refractivity contribution is -0.139. The van der Waals surface area contributed by atoms with Crippen molar-refractivity contribution in [3.63, 3.8) is 0 Å². The van der Waals surface area contributed by atoms with E-state index in [1.165, 1.54) is 12.1 Å². The second-order valence-electron chi connectivity index (χ2n) is 8.37. The van der Waals surface area contributed by atoms with Gasteiger partial charge in [0.2, 0.25) is 0 Å². The maximum Gasteiger partial charge on any atom is 0.320 e. The lowest BCUT2D eigenvalue weighted by Gasteiger charge is -2.05. The molecule has 0 aromatic heterocycles. The van der Waals surface area contributed by atoms with E-state index in [4.69, 9.17) is 47.8 Å². The summed E-state index contributed by atoms with van der Waals surface area (Å²) in [7, 11) is 0. The third kappa shape index (κ3) is 29.2. The van der Waals surface area contributed by atoms with Gasteiger partial charge in [0, 0.05) is 0 Å². The Morgan fingerprint density at radius 3 is 1.27 bits per heavy atom. The summed E-state index contributed by atoms with van der Waals surface area (Å²) in [5, 5.41) is 49.5. The molecule has 44 heavy (non-hydrogen) atoms. The molecule has 0 aliphatic heterocycles. The Kier molecular flexibility index (Phi) is 27.7. The van der Waals surface area contributed by atoms with Gasteiger partial charge in [-0.1, -0.05) is 42.5 Å². The van der Waals surface area contributed by atoms with Crippen LogP contribution in [0.1, 0.15) is 17.5 Å². The Hall–Kier alpha value is -4.26. The number of phenolic OH excluding ortho intramolecular Hbond substituents is 1. The van der Waals surface area contributed by atoms with Crippen LogP contribution in [0.2, 0.25) is 0 Å². The van der Waals surface area contributed by atoms with Crippen molar-refractivity contribution in [2.75, 3.05) is 25.1 Å². The topological polar surface area (TPSA) is 337 Å². The molecule has 0 spiro atoms. The quantitative estimate of drug-likeness (QED) is 0.134. The fourth-order valence-corrected chi connectivity index (χ4v) is 2.79. The number of carbonyl (C=O) groups is 5. The van der Waals surface area contributed by atoms with Gasteiger partial charge in [0.1, 0.15) is 23.9 Å². The molecule has 0 radical (unpaired) electrons. The molecular weight excluding hydrogens is 602 g/mol. The van der Waals surface area contributed by atoms with Gasteiger partial charge in [-0.05, 0) is 54.5 Å². The number of hydrogen-bond donors (Lipinski definition) is 11. The van der Waals surface area contributed by atoms with Gasteiger partial charge in [0.15, 0.2) is 0 Å². The fourth-order valence-electron chi connectivity index (χ4n) is 2.30. The zero-order valence-electron chi connectivity index (χ0n) is 24.2. The number of rotatable bonds is 12. The van der Waals surface area contributed by atoms with E-state index in [-0.39, 0.29) is 25.3 Å². The average molecular weight is 646 g/mol. The van der Waals surface area contributed by atoms with Crippen molar-refractivity contribution in [2.45, 2.75) is 37.4 Å². The molecule has 248 valence electrons. The lowest BCUT2D eigenvalue weighted by Crippen LogP contribution is -2.32. The van der Waals surface area contributed by atoms with Crippen LogP contribution in [-0.2, 0) is 36.8 Å². The minimum Gasteiger partial charge on any atom is -0.508 e. The summed E-state index contributed by atoms with van der Waals surface area (Å²) in [5.41, 5.74) is 26.8. The third-order valence-electron chi connectivity index (χ3n) is 4.62. The van der Waals surface area contributed by atoms with Crippen molar-refractivity contribution in [3.05, 3.63) is 65.7 Å². The first-order valence-corrected chi connectivity index (χ1v) is 14.0. The number of aromatic hydroxyl groups is 1. The van der Waals surface area contributed by atoms with E-state index < -0.39 is 48.0 Å². The van der Waals surface area contributed by atoms with Crippen LogP contribution in [0.25, 0.3) is 0 Å². The summed E-state index contributed by atoms with van der Waals surface area (Å²) >= 11 is 1.60. The van der Waals surface area contributed by atoms with Gasteiger partial charge in [0.05, 0.1) is 13.1 Å². The van der Waals surface area contributed by atoms with Crippen molar-refractivity contribution in [2.24, 2.45) is 28.7 Å². The van der Waals surface area contributed by atoms with Crippen LogP contribution in [0.3, 0.4) is 0 Å². The molecule has 0 heterocycles. The van der Waals surface area contributed by atoms with E-state index >= 15 is 0 Å². The Labute approximate surface area is 258 Å². The van der Waals surface area contributed by atoms with Crippen molar-refractivity contribution in [1.29, 1.82) is 0 Å². The first-order chi connectivity index (χ1) is 20.5. The number of carboxylic acids is 5. The molecule has 3 atom stereocenters. The van der Waals surface area contributed by atoms with E-state index in [9.17, 15) is 24.0 Å². The maximum atomic E-state index is 10.4. The Morgan fingerprint density at radius 2 is 0.977 bits per heavy atom. The normalized spacial score (nSPS) is 11.4. The summed E-state index contributed by atoms with van der Waals surface area (Å²) in [4.78, 5) is 49.3. The van der Waals surface area contributed by atoms with Crippen molar-refractivity contribution in [1.82, 2.24) is 0 Å². The number of carboxylic acid groups (broad SMARTS) is 5. The monoisotopic (exact) mass is 645 g/mol. The lowest BCUT2D eigenvalue weighted by atomic mass is 10.1. The Bertz CT molecular complexity index is 1080. The molecule has 0 saturated carbocycles. The summed E-state index contributed by atoms with van der Waals surface area (Å²) in [5.74, 6) is -3.85. The molecule has 16 nitrogen and oxygen atoms in total. The molecule has 0 bridgehead atoms. The molecule has 0 aliphatic carbocycles. The smallest absolute Gasteiger partial charge is 0.320 e. The summed E-state index contributed by atoms with van der Waals surface area (Å²) in [6, 6.07) is 13.3. The van der Waals surface area contributed by atoms with Gasteiger partial charge >= 0.3 is 29.8 Å². The number of hydrogen-bond acceptors (Lipinski definition) is 12. The first-order valence-electron chi connectivity index (χ1n) is 12.6. The van der Waals surface area contributed by atoms with Crippen LogP contribution in [0.4, 0.5) is 0 Å². The van der Waals surface area contributed by atoms with Crippen molar-refractivity contribution >= 4 is 41.6 Å². The standard InChI is InChI=1S/C9H11NO3.C9H11NO2.C5H11NO2S.2C2H5NO2/c10-8(9(12)13)5-6-1-3-7(11)4-2-6;10-8(9(11)12)6-7-4-2-1-3-5-7;1-9-3-2-4(6)5(7)8;2*3-1-2(4)5/h1-4,8,11H,5,10H2,(H,12,13);1-5,8H,6,10H2,(H,11,12);4H,2-3,6H2,1H3,(H,7,8);2*1,3H2,(H,4,5). The highest BCUT2D eigenvalue weighted by Crippen LogP contribution is 2.10. The molecule has 2 aromatic rings. The number of benzene rings is 2. The predicted octanol–water partition coefficient (Wildman–Crippen LogP) is -0.802. The van der Waals surface area contributed by atoms with Crippen molar-refractivity contribution in [3.8, 4) is 5.75 Å². The molecule has 16 N–H and O–H groups in total. The fraction of sp³-hybridized carbons (Fsp3) is 0.370. The molecule has 17 heteroatoms. The molecule has 0 amide bonds. The highest BCUT2D eigenvalue weighted by atomic mass is 32.2. The van der Waals surface area contributed by atoms with Crippen LogP contribution in [0.5, 0.6) is 5.75 Å². The maximum absolute atomic E-state index is 10.4. The molecule has 0 aliphatic rings. The Morgan fingerprint density at radius 1 is 0.636 bits per heavy atom. The van der Waals surface area contributed by atoms with Crippen molar-refractivity contribution < 1.29 is 54.6 Å². The van der Waals surface area contributed by atoms with Crippen LogP contribution >= 0.6 is 11.8 Å². The highest BCUT2D eigenvalue weighted by molar-refractivity contribution is 7.98. The number of thioether (sulfide) groups is 1. The van der Waals surface area contributed by atoms with Gasteiger partial charge < -0.3 is 59.3 Å². The molecule has 0 fully saturated rings. The zero-order valence-corrected chi connectivity index (χ0v) is 25.0. The third-order valence-corrected chi connectivity index (χ3v) is 5.27. The SMILES string of the molecule is CSCCC(N)C(=O)O.NC(Cc1ccc(O)cc1)C(=O)O.NC(Cc1ccccc1)C(=O)O.NCC(=O)O.NCC(=O)O. The van der Waals surface area contributed by atoms with Gasteiger partial charge in [-0.2, -0.15) is 11.8 Å². The van der Waals surface area contributed by atoms with E-state index in [1.54, 1.807) is 23.9 Å². The number of nitrogens with two attached hydrogens (primary N) is 5. The zero-order chi connectivity index (χ0) is 34.7. The van der Waals surface area contributed by atoms with Gasteiger partial charge in [0.25, 0.3) is 0 Å². The molecular formula is C27H43N5O11S. The minimum atomic E-state index is -1.02. The summed E-state index contributed by atoms with van der Waals surface area (Å²) in [6.45, 7) is -0.556. The van der Waals surface area contributed by atoms with E-state index in [0.717, 1.165) is 16.9 Å². The second-order valence-corrected chi connectivity index (χ2v) is 9.36. The van der Waals surface area contributed by atoms with E-state index in [0.29, 0.717) is 12.8 Å². The van der Waals surface area contributed by atoms with Crippen LogP contribution < -0.4 is 28.7 Å². The summed E-state index contributed by atoms with van der Waals surface area (Å²) < 4.78 is 0. The van der Waals surface area contributed by atoms with Gasteiger partial charge in [-0.3, -0.25) is 24.0 Å². The molecule has 2 rings (SSSR count). The molecule has 0 saturated heterocycles. The average Bonchev–Trinajstić information content (AvgIpc) is 2.98. The first kappa shape index (κ1) is 44.2. The predicted molar refractivity (Wildman–Crippen MR) is 165 cm³/mol. The summed E-state index contributed by atoms with van der Waals surface area (Å²) in [6.07, 6.45) is 3.14. The van der Waals surface area contributed by atoms with E-state index in [2.05, 4.69) is 11.5 Å². The van der Waals surface area contributed by atoms with Crippen LogP contribution in [0.15, 0.2) is 54.6 Å². The molecule has 2 aromatic carbocycles. The number of phenols is 1. The second kappa shape index (κ2) is 27.6. The number of aliphatic carboxylic acids is 5. The largest absolute Gasteiger partial charge is 0.508 e. The molecule has 3 unspecified atom stereocenters. The van der Waals surface area contributed by atoms with Crippen LogP contribution in [0, 0.1) is 0 Å². The Balaban J connectivity index is -0.000000504. The van der Waals surface area contributed by atoms with Gasteiger partial charge in [-0.15, -0.1) is 0 Å². The van der Waals surface area contributed by atoms with E-state index in [1.807, 2.05) is 36.6 Å². The minimum absolute atomic E-state index is 0.160. The highest BCUT2D eigenvalue weighted by Gasteiger charge is 2.12.